The highest BCUT2D eigenvalue weighted by atomic mass is 32.2. The Hall–Kier alpha value is -1.32. The molecule has 2 rings (SSSR count). The average molecular weight is 261 g/mol. The standard InChI is InChI=1S/C15H16FNS/c1-11(17)12-6-8-14(9-7-12)18-10-13-4-2-3-5-15(13)16/h2-9,11H,10,17H2,1H3. The second-order valence-corrected chi connectivity index (χ2v) is 5.29. The lowest BCUT2D eigenvalue weighted by atomic mass is 10.1. The molecule has 0 radical (unpaired) electrons. The summed E-state index contributed by atoms with van der Waals surface area (Å²) in [5.74, 6) is 0.502. The first-order valence-electron chi connectivity index (χ1n) is 5.88. The van der Waals surface area contributed by atoms with Gasteiger partial charge in [0.15, 0.2) is 0 Å². The minimum Gasteiger partial charge on any atom is -0.324 e. The Morgan fingerprint density at radius 1 is 1.11 bits per heavy atom. The summed E-state index contributed by atoms with van der Waals surface area (Å²) in [7, 11) is 0. The van der Waals surface area contributed by atoms with Crippen molar-refractivity contribution < 1.29 is 4.39 Å². The van der Waals surface area contributed by atoms with Gasteiger partial charge in [-0.1, -0.05) is 30.3 Å². The van der Waals surface area contributed by atoms with Crippen molar-refractivity contribution >= 4 is 11.8 Å². The lowest BCUT2D eigenvalue weighted by molar-refractivity contribution is 0.617. The third kappa shape index (κ3) is 3.34. The van der Waals surface area contributed by atoms with Crippen LogP contribution in [0.4, 0.5) is 4.39 Å². The van der Waals surface area contributed by atoms with E-state index >= 15 is 0 Å². The minimum atomic E-state index is -0.141. The van der Waals surface area contributed by atoms with Crippen LogP contribution in [0.5, 0.6) is 0 Å². The predicted molar refractivity (Wildman–Crippen MR) is 75.0 cm³/mol. The van der Waals surface area contributed by atoms with Crippen LogP contribution in [-0.2, 0) is 5.75 Å². The maximum atomic E-state index is 13.4. The van der Waals surface area contributed by atoms with E-state index in [0.29, 0.717) is 5.75 Å². The van der Waals surface area contributed by atoms with Crippen molar-refractivity contribution in [1.82, 2.24) is 0 Å². The molecule has 94 valence electrons. The lowest BCUT2D eigenvalue weighted by Crippen LogP contribution is -2.04. The number of nitrogens with two attached hydrogens (primary N) is 1. The van der Waals surface area contributed by atoms with Crippen LogP contribution in [0.25, 0.3) is 0 Å². The molecule has 18 heavy (non-hydrogen) atoms. The van der Waals surface area contributed by atoms with Crippen LogP contribution in [-0.4, -0.2) is 0 Å². The van der Waals surface area contributed by atoms with Crippen LogP contribution >= 0.6 is 11.8 Å². The first-order valence-corrected chi connectivity index (χ1v) is 6.87. The zero-order valence-corrected chi connectivity index (χ0v) is 11.1. The Bertz CT molecular complexity index is 508. The second kappa shape index (κ2) is 6.03. The molecule has 0 saturated heterocycles. The van der Waals surface area contributed by atoms with Gasteiger partial charge in [0.05, 0.1) is 0 Å². The van der Waals surface area contributed by atoms with Gasteiger partial charge in [-0.15, -0.1) is 11.8 Å². The lowest BCUT2D eigenvalue weighted by Gasteiger charge is -2.07. The Morgan fingerprint density at radius 3 is 2.39 bits per heavy atom. The topological polar surface area (TPSA) is 26.0 Å². The molecular formula is C15H16FNS. The van der Waals surface area contributed by atoms with Crippen molar-refractivity contribution in [3.05, 3.63) is 65.5 Å². The molecule has 0 heterocycles. The largest absolute Gasteiger partial charge is 0.324 e. The molecule has 0 aromatic heterocycles. The van der Waals surface area contributed by atoms with E-state index in [-0.39, 0.29) is 11.9 Å². The van der Waals surface area contributed by atoms with Crippen LogP contribution in [0.3, 0.4) is 0 Å². The number of thioether (sulfide) groups is 1. The van der Waals surface area contributed by atoms with Crippen LogP contribution in [0.15, 0.2) is 53.4 Å². The summed E-state index contributed by atoms with van der Waals surface area (Å²) in [5, 5.41) is 0. The summed E-state index contributed by atoms with van der Waals surface area (Å²) in [6.07, 6.45) is 0. The maximum Gasteiger partial charge on any atom is 0.127 e. The van der Waals surface area contributed by atoms with E-state index in [0.717, 1.165) is 16.0 Å². The van der Waals surface area contributed by atoms with Gasteiger partial charge in [-0.05, 0) is 36.2 Å². The number of benzene rings is 2. The normalized spacial score (nSPS) is 12.4. The Kier molecular flexibility index (Phi) is 4.39. The molecule has 0 saturated carbocycles. The third-order valence-corrected chi connectivity index (χ3v) is 3.82. The molecule has 1 atom stereocenters. The Labute approximate surface area is 111 Å². The van der Waals surface area contributed by atoms with Gasteiger partial charge >= 0.3 is 0 Å². The van der Waals surface area contributed by atoms with E-state index < -0.39 is 0 Å². The average Bonchev–Trinajstić information content (AvgIpc) is 2.38. The molecule has 2 aromatic rings. The van der Waals surface area contributed by atoms with Crippen molar-refractivity contribution in [2.24, 2.45) is 5.73 Å². The Balaban J connectivity index is 2.00. The van der Waals surface area contributed by atoms with E-state index in [9.17, 15) is 4.39 Å². The number of hydrogen-bond donors (Lipinski definition) is 1. The molecule has 1 nitrogen and oxygen atoms in total. The zero-order chi connectivity index (χ0) is 13.0. The summed E-state index contributed by atoms with van der Waals surface area (Å²) in [5.41, 5.74) is 7.64. The van der Waals surface area contributed by atoms with E-state index in [2.05, 4.69) is 0 Å². The number of halogens is 1. The molecule has 0 fully saturated rings. The van der Waals surface area contributed by atoms with Crippen molar-refractivity contribution in [2.75, 3.05) is 0 Å². The fourth-order valence-corrected chi connectivity index (χ4v) is 2.53. The van der Waals surface area contributed by atoms with Crippen molar-refractivity contribution in [2.45, 2.75) is 23.6 Å². The monoisotopic (exact) mass is 261 g/mol. The first-order chi connectivity index (χ1) is 8.66. The predicted octanol–water partition coefficient (Wildman–Crippen LogP) is 4.14. The molecule has 0 bridgehead atoms. The molecule has 0 aliphatic rings. The molecule has 2 N–H and O–H groups in total. The van der Waals surface area contributed by atoms with Gasteiger partial charge in [0.1, 0.15) is 5.82 Å². The van der Waals surface area contributed by atoms with Gasteiger partial charge in [-0.2, -0.15) is 0 Å². The first kappa shape index (κ1) is 13.1. The van der Waals surface area contributed by atoms with E-state index in [1.807, 2.05) is 43.3 Å². The summed E-state index contributed by atoms with van der Waals surface area (Å²) < 4.78 is 13.4. The van der Waals surface area contributed by atoms with Gasteiger partial charge in [-0.3, -0.25) is 0 Å². The SMILES string of the molecule is CC(N)c1ccc(SCc2ccccc2F)cc1. The summed E-state index contributed by atoms with van der Waals surface area (Å²) >= 11 is 1.63. The minimum absolute atomic E-state index is 0.0515. The van der Waals surface area contributed by atoms with E-state index in [1.165, 1.54) is 6.07 Å². The van der Waals surface area contributed by atoms with Crippen LogP contribution < -0.4 is 5.73 Å². The van der Waals surface area contributed by atoms with Gasteiger partial charge in [0, 0.05) is 16.7 Å². The van der Waals surface area contributed by atoms with Crippen LogP contribution in [0.2, 0.25) is 0 Å². The summed E-state index contributed by atoms with van der Waals surface area (Å²) in [4.78, 5) is 1.13. The van der Waals surface area contributed by atoms with Crippen LogP contribution in [0, 0.1) is 5.82 Å². The van der Waals surface area contributed by atoms with Gasteiger partial charge in [-0.25, -0.2) is 4.39 Å². The highest BCUT2D eigenvalue weighted by Gasteiger charge is 2.03. The van der Waals surface area contributed by atoms with E-state index in [1.54, 1.807) is 17.8 Å². The summed E-state index contributed by atoms with van der Waals surface area (Å²) in [6, 6.07) is 15.0. The molecule has 0 aliphatic carbocycles. The second-order valence-electron chi connectivity index (χ2n) is 4.24. The highest BCUT2D eigenvalue weighted by Crippen LogP contribution is 2.25. The number of hydrogen-bond acceptors (Lipinski definition) is 2. The Morgan fingerprint density at radius 2 is 1.78 bits per heavy atom. The van der Waals surface area contributed by atoms with Gasteiger partial charge in [0.25, 0.3) is 0 Å². The van der Waals surface area contributed by atoms with Gasteiger partial charge in [0.2, 0.25) is 0 Å². The van der Waals surface area contributed by atoms with E-state index in [4.69, 9.17) is 5.73 Å². The van der Waals surface area contributed by atoms with Crippen LogP contribution in [0.1, 0.15) is 24.1 Å². The quantitative estimate of drug-likeness (QED) is 0.837. The molecule has 0 amide bonds. The maximum absolute atomic E-state index is 13.4. The van der Waals surface area contributed by atoms with Crippen molar-refractivity contribution in [3.8, 4) is 0 Å². The zero-order valence-electron chi connectivity index (χ0n) is 10.3. The molecule has 2 aromatic carbocycles. The van der Waals surface area contributed by atoms with Crippen molar-refractivity contribution in [1.29, 1.82) is 0 Å². The third-order valence-electron chi connectivity index (χ3n) is 2.76. The highest BCUT2D eigenvalue weighted by molar-refractivity contribution is 7.98. The fraction of sp³-hybridized carbons (Fsp3) is 0.200. The fourth-order valence-electron chi connectivity index (χ4n) is 1.64. The molecular weight excluding hydrogens is 245 g/mol. The molecule has 0 aliphatic heterocycles. The summed E-state index contributed by atoms with van der Waals surface area (Å²) in [6.45, 7) is 1.96. The smallest absolute Gasteiger partial charge is 0.127 e. The molecule has 1 unspecified atom stereocenters. The molecule has 0 spiro atoms. The molecule has 3 heteroatoms. The van der Waals surface area contributed by atoms with Gasteiger partial charge < -0.3 is 5.73 Å². The van der Waals surface area contributed by atoms with Crippen molar-refractivity contribution in [3.63, 3.8) is 0 Å². The number of rotatable bonds is 4.